The minimum Gasteiger partial charge on any atom is -0.376 e. The van der Waals surface area contributed by atoms with Crippen LogP contribution in [0.2, 0.25) is 0 Å². The standard InChI is InChI=1S/C20H24N4O3/c1-13(2)19(26)24-17-9-5-7-15(11-17)22-12-18(25)23-16-8-4-6-14(10-16)20(27)21-3/h4-11,13,22H,12H2,1-3H3,(H,21,27)(H,23,25)(H,24,26). The van der Waals surface area contributed by atoms with Gasteiger partial charge in [-0.15, -0.1) is 0 Å². The number of benzene rings is 2. The van der Waals surface area contributed by atoms with E-state index in [1.165, 1.54) is 0 Å². The molecule has 7 nitrogen and oxygen atoms in total. The van der Waals surface area contributed by atoms with Crippen molar-refractivity contribution in [2.45, 2.75) is 13.8 Å². The van der Waals surface area contributed by atoms with Gasteiger partial charge in [0.2, 0.25) is 11.8 Å². The molecule has 0 saturated heterocycles. The van der Waals surface area contributed by atoms with Crippen LogP contribution in [-0.2, 0) is 9.59 Å². The molecule has 142 valence electrons. The molecular formula is C20H24N4O3. The van der Waals surface area contributed by atoms with Gasteiger partial charge in [0.15, 0.2) is 0 Å². The molecule has 3 amide bonds. The van der Waals surface area contributed by atoms with Gasteiger partial charge in [0.25, 0.3) is 5.91 Å². The van der Waals surface area contributed by atoms with Crippen molar-refractivity contribution in [2.24, 2.45) is 5.92 Å². The van der Waals surface area contributed by atoms with Crippen LogP contribution < -0.4 is 21.3 Å². The molecule has 0 atom stereocenters. The smallest absolute Gasteiger partial charge is 0.251 e. The lowest BCUT2D eigenvalue weighted by atomic mass is 10.2. The summed E-state index contributed by atoms with van der Waals surface area (Å²) in [6.45, 7) is 3.69. The van der Waals surface area contributed by atoms with Crippen LogP contribution in [0.5, 0.6) is 0 Å². The lowest BCUT2D eigenvalue weighted by Gasteiger charge is -2.11. The zero-order valence-electron chi connectivity index (χ0n) is 15.6. The second-order valence-corrected chi connectivity index (χ2v) is 6.29. The van der Waals surface area contributed by atoms with Gasteiger partial charge in [-0.1, -0.05) is 26.0 Å². The zero-order chi connectivity index (χ0) is 19.8. The van der Waals surface area contributed by atoms with Gasteiger partial charge in [-0.05, 0) is 36.4 Å². The highest BCUT2D eigenvalue weighted by Crippen LogP contribution is 2.16. The first-order valence-electron chi connectivity index (χ1n) is 8.66. The fourth-order valence-corrected chi connectivity index (χ4v) is 2.26. The van der Waals surface area contributed by atoms with Crippen molar-refractivity contribution >= 4 is 34.8 Å². The number of hydrogen-bond donors (Lipinski definition) is 4. The molecule has 0 saturated carbocycles. The van der Waals surface area contributed by atoms with Crippen molar-refractivity contribution in [3.05, 3.63) is 54.1 Å². The molecule has 2 aromatic rings. The summed E-state index contributed by atoms with van der Waals surface area (Å²) in [6, 6.07) is 13.9. The Kier molecular flexibility index (Phi) is 6.93. The van der Waals surface area contributed by atoms with E-state index in [2.05, 4.69) is 21.3 Å². The summed E-state index contributed by atoms with van der Waals surface area (Å²) in [4.78, 5) is 35.6. The van der Waals surface area contributed by atoms with E-state index >= 15 is 0 Å². The molecule has 0 aliphatic rings. The fraction of sp³-hybridized carbons (Fsp3) is 0.250. The van der Waals surface area contributed by atoms with Gasteiger partial charge >= 0.3 is 0 Å². The molecule has 0 bridgehead atoms. The predicted octanol–water partition coefficient (Wildman–Crippen LogP) is 2.69. The summed E-state index contributed by atoms with van der Waals surface area (Å²) < 4.78 is 0. The molecular weight excluding hydrogens is 344 g/mol. The summed E-state index contributed by atoms with van der Waals surface area (Å²) in [7, 11) is 1.55. The van der Waals surface area contributed by atoms with Gasteiger partial charge in [0, 0.05) is 35.6 Å². The number of hydrogen-bond acceptors (Lipinski definition) is 4. The third kappa shape index (κ3) is 6.14. The summed E-state index contributed by atoms with van der Waals surface area (Å²) in [6.07, 6.45) is 0. The molecule has 0 aromatic heterocycles. The second-order valence-electron chi connectivity index (χ2n) is 6.29. The van der Waals surface area contributed by atoms with Crippen LogP contribution in [0.4, 0.5) is 17.1 Å². The van der Waals surface area contributed by atoms with Gasteiger partial charge in [-0.25, -0.2) is 0 Å². The largest absolute Gasteiger partial charge is 0.376 e. The van der Waals surface area contributed by atoms with Crippen molar-refractivity contribution in [1.29, 1.82) is 0 Å². The Morgan fingerprint density at radius 1 is 0.889 bits per heavy atom. The van der Waals surface area contributed by atoms with E-state index in [0.29, 0.717) is 22.6 Å². The van der Waals surface area contributed by atoms with E-state index in [-0.39, 0.29) is 30.2 Å². The summed E-state index contributed by atoms with van der Waals surface area (Å²) in [5.41, 5.74) is 2.39. The Labute approximate surface area is 158 Å². The minimum absolute atomic E-state index is 0.0474. The Bertz CT molecular complexity index is 833. The fourth-order valence-electron chi connectivity index (χ4n) is 2.26. The molecule has 27 heavy (non-hydrogen) atoms. The minimum atomic E-state index is -0.249. The maximum absolute atomic E-state index is 12.1. The van der Waals surface area contributed by atoms with E-state index in [0.717, 1.165) is 0 Å². The highest BCUT2D eigenvalue weighted by atomic mass is 16.2. The van der Waals surface area contributed by atoms with Gasteiger partial charge in [0.05, 0.1) is 6.54 Å². The van der Waals surface area contributed by atoms with Crippen LogP contribution in [-0.4, -0.2) is 31.3 Å². The number of rotatable bonds is 7. The molecule has 2 aromatic carbocycles. The molecule has 0 fully saturated rings. The summed E-state index contributed by atoms with van der Waals surface area (Å²) in [5, 5.41) is 11.1. The maximum Gasteiger partial charge on any atom is 0.251 e. The van der Waals surface area contributed by atoms with Crippen LogP contribution in [0.1, 0.15) is 24.2 Å². The highest BCUT2D eigenvalue weighted by Gasteiger charge is 2.09. The molecule has 0 radical (unpaired) electrons. The van der Waals surface area contributed by atoms with Crippen molar-refractivity contribution < 1.29 is 14.4 Å². The first-order valence-corrected chi connectivity index (χ1v) is 8.66. The van der Waals surface area contributed by atoms with E-state index in [1.807, 2.05) is 19.9 Å². The zero-order valence-corrected chi connectivity index (χ0v) is 15.6. The second kappa shape index (κ2) is 9.38. The number of nitrogens with one attached hydrogen (secondary N) is 4. The molecule has 0 unspecified atom stereocenters. The van der Waals surface area contributed by atoms with Crippen LogP contribution in [0.15, 0.2) is 48.5 Å². The van der Waals surface area contributed by atoms with Crippen molar-refractivity contribution in [3.63, 3.8) is 0 Å². The van der Waals surface area contributed by atoms with E-state index in [1.54, 1.807) is 49.5 Å². The third-order valence-corrected chi connectivity index (χ3v) is 3.74. The van der Waals surface area contributed by atoms with Gasteiger partial charge < -0.3 is 21.3 Å². The molecule has 0 aliphatic carbocycles. The number of carbonyl (C=O) groups excluding carboxylic acids is 3. The third-order valence-electron chi connectivity index (χ3n) is 3.74. The van der Waals surface area contributed by atoms with Gasteiger partial charge in [-0.2, -0.15) is 0 Å². The first-order chi connectivity index (χ1) is 12.9. The van der Waals surface area contributed by atoms with Gasteiger partial charge in [-0.3, -0.25) is 14.4 Å². The van der Waals surface area contributed by atoms with Crippen LogP contribution >= 0.6 is 0 Å². The molecule has 4 N–H and O–H groups in total. The van der Waals surface area contributed by atoms with Gasteiger partial charge in [0.1, 0.15) is 0 Å². The lowest BCUT2D eigenvalue weighted by Crippen LogP contribution is -2.22. The van der Waals surface area contributed by atoms with Crippen molar-refractivity contribution in [2.75, 3.05) is 29.5 Å². The quantitative estimate of drug-likeness (QED) is 0.604. The molecule has 7 heteroatoms. The summed E-state index contributed by atoms with van der Waals surface area (Å²) >= 11 is 0. The Morgan fingerprint density at radius 2 is 1.52 bits per heavy atom. The van der Waals surface area contributed by atoms with E-state index < -0.39 is 0 Å². The van der Waals surface area contributed by atoms with E-state index in [9.17, 15) is 14.4 Å². The Morgan fingerprint density at radius 3 is 2.19 bits per heavy atom. The van der Waals surface area contributed by atoms with Crippen molar-refractivity contribution in [1.82, 2.24) is 5.32 Å². The lowest BCUT2D eigenvalue weighted by molar-refractivity contribution is -0.119. The molecule has 0 aliphatic heterocycles. The van der Waals surface area contributed by atoms with E-state index in [4.69, 9.17) is 0 Å². The average Bonchev–Trinajstić information content (AvgIpc) is 2.66. The molecule has 2 rings (SSSR count). The van der Waals surface area contributed by atoms with Crippen LogP contribution in [0.3, 0.4) is 0 Å². The Balaban J connectivity index is 1.92. The number of anilines is 3. The van der Waals surface area contributed by atoms with Crippen LogP contribution in [0, 0.1) is 5.92 Å². The Hall–Kier alpha value is -3.35. The SMILES string of the molecule is CNC(=O)c1cccc(NC(=O)CNc2cccc(NC(=O)C(C)C)c2)c1. The number of amides is 3. The first kappa shape index (κ1) is 20.0. The molecule has 0 spiro atoms. The van der Waals surface area contributed by atoms with Crippen molar-refractivity contribution in [3.8, 4) is 0 Å². The summed E-state index contributed by atoms with van der Waals surface area (Å²) in [5.74, 6) is -0.649. The van der Waals surface area contributed by atoms with Crippen LogP contribution in [0.25, 0.3) is 0 Å². The monoisotopic (exact) mass is 368 g/mol. The maximum atomic E-state index is 12.1. The number of carbonyl (C=O) groups is 3. The normalized spacial score (nSPS) is 10.2. The topological polar surface area (TPSA) is 99.3 Å². The highest BCUT2D eigenvalue weighted by molar-refractivity contribution is 5.98. The average molecular weight is 368 g/mol. The predicted molar refractivity (Wildman–Crippen MR) is 107 cm³/mol. The molecule has 0 heterocycles.